The molecule has 1 aromatic carbocycles. The van der Waals surface area contributed by atoms with Crippen molar-refractivity contribution in [3.8, 4) is 5.75 Å². The number of aryl methyl sites for hydroxylation is 1. The van der Waals surface area contributed by atoms with Crippen LogP contribution in [0.4, 0.5) is 0 Å². The highest BCUT2D eigenvalue weighted by Gasteiger charge is 2.63. The molecule has 7 rings (SSSR count). The summed E-state index contributed by atoms with van der Waals surface area (Å²) in [4.78, 5) is 16.6. The summed E-state index contributed by atoms with van der Waals surface area (Å²) in [6.45, 7) is 7.22. The molecular weight excluding hydrogens is 568 g/mol. The normalized spacial score (nSPS) is 37.6. The van der Waals surface area contributed by atoms with Crippen molar-refractivity contribution in [3.63, 3.8) is 0 Å². The first-order valence-electron chi connectivity index (χ1n) is 16.0. The number of carboxylic acid groups (broad SMARTS) is 1. The smallest absolute Gasteiger partial charge is 0.335 e. The van der Waals surface area contributed by atoms with Gasteiger partial charge >= 0.3 is 5.97 Å². The van der Waals surface area contributed by atoms with E-state index in [-0.39, 0.29) is 6.04 Å². The molecule has 8 atom stereocenters. The minimum Gasteiger partial charge on any atom is -0.479 e. The van der Waals surface area contributed by atoms with Crippen molar-refractivity contribution in [2.75, 3.05) is 32.7 Å². The van der Waals surface area contributed by atoms with Gasteiger partial charge in [0.25, 0.3) is 0 Å². The molecule has 4 fully saturated rings. The summed E-state index contributed by atoms with van der Waals surface area (Å²) in [5, 5.41) is 57.8. The van der Waals surface area contributed by atoms with E-state index < -0.39 is 47.7 Å². The van der Waals surface area contributed by atoms with Gasteiger partial charge in [0, 0.05) is 37.3 Å². The zero-order valence-electron chi connectivity index (χ0n) is 25.2. The summed E-state index contributed by atoms with van der Waals surface area (Å²) in [7, 11) is 0. The topological polar surface area (TPSA) is 161 Å². The van der Waals surface area contributed by atoms with E-state index >= 15 is 0 Å². The third-order valence-electron chi connectivity index (χ3n) is 11.0. The largest absolute Gasteiger partial charge is 0.479 e. The first kappa shape index (κ1) is 30.1. The van der Waals surface area contributed by atoms with Crippen molar-refractivity contribution in [1.82, 2.24) is 19.6 Å². The van der Waals surface area contributed by atoms with Crippen LogP contribution in [0, 0.1) is 12.8 Å². The Morgan fingerprint density at radius 1 is 1.07 bits per heavy atom. The fraction of sp³-hybridized carbons (Fsp3) is 0.688. The number of hydrogen-bond acceptors (Lipinski definition) is 10. The highest BCUT2D eigenvalue weighted by molar-refractivity contribution is 5.73. The Bertz CT molecular complexity index is 1380. The van der Waals surface area contributed by atoms with Gasteiger partial charge in [0.05, 0.1) is 18.3 Å². The van der Waals surface area contributed by atoms with E-state index in [0.717, 1.165) is 75.2 Å². The lowest BCUT2D eigenvalue weighted by Gasteiger charge is -2.61. The molecule has 2 aromatic rings. The first-order chi connectivity index (χ1) is 21.1. The molecule has 5 N–H and O–H groups in total. The number of benzene rings is 1. The Hall–Kier alpha value is -2.58. The van der Waals surface area contributed by atoms with Gasteiger partial charge in [-0.05, 0) is 93.3 Å². The molecule has 0 spiro atoms. The van der Waals surface area contributed by atoms with E-state index in [2.05, 4.69) is 21.1 Å². The summed E-state index contributed by atoms with van der Waals surface area (Å²) in [6.07, 6.45) is 0.989. The summed E-state index contributed by atoms with van der Waals surface area (Å²) in [6, 6.07) is 5.72. The van der Waals surface area contributed by atoms with Gasteiger partial charge in [0.2, 0.25) is 6.29 Å². The maximum Gasteiger partial charge on any atom is 0.335 e. The van der Waals surface area contributed by atoms with Crippen LogP contribution >= 0.6 is 0 Å². The second-order valence-corrected chi connectivity index (χ2v) is 13.7. The number of likely N-dealkylation sites (tertiary alicyclic amines) is 2. The van der Waals surface area contributed by atoms with Crippen LogP contribution in [0.2, 0.25) is 0 Å². The molecule has 3 saturated heterocycles. The maximum atomic E-state index is 12.9. The second kappa shape index (κ2) is 11.3. The molecule has 2 aliphatic carbocycles. The molecule has 4 heterocycles. The number of carboxylic acids is 1. The minimum atomic E-state index is -1.79. The van der Waals surface area contributed by atoms with Crippen LogP contribution in [0.15, 0.2) is 30.6 Å². The SMILES string of the molecule is Cc1cnn(CCN2CC[C@]34CCN(CC5CC5)[C@H](Cc5ccc(OC6OC(C(=O)O)C(O)C(O)C6O)cc53)[C@]4(O)CC2)c1. The average Bonchev–Trinajstić information content (AvgIpc) is 3.75. The summed E-state index contributed by atoms with van der Waals surface area (Å²) < 4.78 is 13.4. The minimum absolute atomic E-state index is 0.0151. The predicted molar refractivity (Wildman–Crippen MR) is 157 cm³/mol. The van der Waals surface area contributed by atoms with Crippen molar-refractivity contribution < 1.29 is 39.8 Å². The monoisotopic (exact) mass is 612 g/mol. The molecule has 2 bridgehead atoms. The Kier molecular flexibility index (Phi) is 7.76. The number of aliphatic carboxylic acids is 1. The Morgan fingerprint density at radius 3 is 2.57 bits per heavy atom. The molecule has 3 aliphatic heterocycles. The summed E-state index contributed by atoms with van der Waals surface area (Å²) in [5.74, 6) is -0.388. The van der Waals surface area contributed by atoms with Gasteiger partial charge in [-0.15, -0.1) is 0 Å². The van der Waals surface area contributed by atoms with Gasteiger partial charge in [-0.3, -0.25) is 9.58 Å². The maximum absolute atomic E-state index is 12.9. The molecule has 240 valence electrons. The van der Waals surface area contributed by atoms with Crippen molar-refractivity contribution >= 4 is 5.97 Å². The van der Waals surface area contributed by atoms with Gasteiger partial charge in [-0.1, -0.05) is 6.07 Å². The number of carbonyl (C=O) groups is 1. The molecule has 5 unspecified atom stereocenters. The standard InChI is InChI=1S/C32H44N4O8/c1-19-16-33-36(17-19)13-12-34-9-6-31-7-11-35(18-20-2-3-20)24(32(31,42)8-10-34)14-21-4-5-22(15-23(21)31)43-30-27(39)25(37)26(38)28(44-30)29(40)41/h4-5,15-17,20,24-28,30,37-39,42H,2-3,6-14,18H2,1H3,(H,40,41)/t24-,25?,26?,27?,28?,30?,31+,32-/m1/s1. The number of aliphatic hydroxyl groups excluding tert-OH is 3. The van der Waals surface area contributed by atoms with E-state index in [1.807, 2.05) is 29.9 Å². The Labute approximate surface area is 256 Å². The number of hydrogen-bond donors (Lipinski definition) is 5. The third-order valence-corrected chi connectivity index (χ3v) is 11.0. The van der Waals surface area contributed by atoms with E-state index in [1.165, 1.54) is 12.8 Å². The number of fused-ring (bicyclic) bond motifs is 1. The molecule has 12 heteroatoms. The fourth-order valence-corrected chi connectivity index (χ4v) is 8.32. The van der Waals surface area contributed by atoms with E-state index in [1.54, 1.807) is 6.07 Å². The highest BCUT2D eigenvalue weighted by atomic mass is 16.7. The van der Waals surface area contributed by atoms with Crippen LogP contribution in [-0.2, 0) is 27.9 Å². The number of aliphatic hydroxyl groups is 4. The number of ether oxygens (including phenoxy) is 2. The van der Waals surface area contributed by atoms with E-state index in [0.29, 0.717) is 18.1 Å². The Balaban J connectivity index is 1.18. The van der Waals surface area contributed by atoms with Gasteiger partial charge in [0.15, 0.2) is 6.10 Å². The van der Waals surface area contributed by atoms with Crippen LogP contribution in [0.5, 0.6) is 5.75 Å². The number of nitrogens with zero attached hydrogens (tertiary/aromatic N) is 4. The molecule has 1 aromatic heterocycles. The van der Waals surface area contributed by atoms with Crippen LogP contribution < -0.4 is 4.74 Å². The summed E-state index contributed by atoms with van der Waals surface area (Å²) in [5.41, 5.74) is 1.88. The average molecular weight is 613 g/mol. The number of piperidine rings is 1. The molecular formula is C32H44N4O8. The lowest BCUT2D eigenvalue weighted by Crippen LogP contribution is -2.71. The number of aromatic nitrogens is 2. The first-order valence-corrected chi connectivity index (χ1v) is 16.0. The van der Waals surface area contributed by atoms with Crippen molar-refractivity contribution in [2.45, 2.75) is 99.8 Å². The van der Waals surface area contributed by atoms with Gasteiger partial charge < -0.3 is 39.9 Å². The fourth-order valence-electron chi connectivity index (χ4n) is 8.32. The van der Waals surface area contributed by atoms with E-state index in [4.69, 9.17) is 9.47 Å². The summed E-state index contributed by atoms with van der Waals surface area (Å²) >= 11 is 0. The predicted octanol–water partition coefficient (Wildman–Crippen LogP) is 0.268. The van der Waals surface area contributed by atoms with Crippen LogP contribution in [-0.4, -0.2) is 126 Å². The van der Waals surface area contributed by atoms with Crippen molar-refractivity contribution in [2.24, 2.45) is 5.92 Å². The lowest BCUT2D eigenvalue weighted by atomic mass is 9.52. The van der Waals surface area contributed by atoms with Crippen LogP contribution in [0.25, 0.3) is 0 Å². The third kappa shape index (κ3) is 5.14. The zero-order chi connectivity index (χ0) is 30.8. The number of rotatable bonds is 8. The molecule has 5 aliphatic rings. The molecule has 0 amide bonds. The quantitative estimate of drug-likeness (QED) is 0.278. The van der Waals surface area contributed by atoms with E-state index in [9.17, 15) is 30.3 Å². The lowest BCUT2D eigenvalue weighted by molar-refractivity contribution is -0.271. The van der Waals surface area contributed by atoms with Crippen LogP contribution in [0.1, 0.15) is 48.8 Å². The molecule has 0 radical (unpaired) electrons. The van der Waals surface area contributed by atoms with Crippen LogP contribution in [0.3, 0.4) is 0 Å². The van der Waals surface area contributed by atoms with Crippen molar-refractivity contribution in [1.29, 1.82) is 0 Å². The second-order valence-electron chi connectivity index (χ2n) is 13.7. The van der Waals surface area contributed by atoms with Gasteiger partial charge in [-0.25, -0.2) is 4.79 Å². The molecule has 12 nitrogen and oxygen atoms in total. The van der Waals surface area contributed by atoms with Crippen molar-refractivity contribution in [3.05, 3.63) is 47.3 Å². The zero-order valence-corrected chi connectivity index (χ0v) is 25.2. The van der Waals surface area contributed by atoms with Gasteiger partial charge in [0.1, 0.15) is 24.1 Å². The highest BCUT2D eigenvalue weighted by Crippen LogP contribution is 2.57. The molecule has 44 heavy (non-hydrogen) atoms. The molecule has 1 saturated carbocycles. The van der Waals surface area contributed by atoms with Gasteiger partial charge in [-0.2, -0.15) is 5.10 Å². The Morgan fingerprint density at radius 2 is 1.84 bits per heavy atom.